The fraction of sp³-hybridized carbons (Fsp3) is 0.364. The van der Waals surface area contributed by atoms with Crippen molar-refractivity contribution >= 4 is 15.5 Å². The number of nitrogens with zero attached hydrogens (tertiary/aromatic N) is 2. The second-order valence-corrected chi connectivity index (χ2v) is 5.56. The van der Waals surface area contributed by atoms with Crippen molar-refractivity contribution in [1.29, 1.82) is 0 Å². The van der Waals surface area contributed by atoms with E-state index in [-0.39, 0.29) is 5.03 Å². The number of primary sulfonamides is 1. The summed E-state index contributed by atoms with van der Waals surface area (Å²) in [5.41, 5.74) is 1.53. The summed E-state index contributed by atoms with van der Waals surface area (Å²) < 4.78 is 24.7. The Bertz CT molecular complexity index is 659. The average molecular weight is 253 g/mol. The standard InChI is InChI=1S/C11H15N3O2S/c1-3-4-10-13-11(17(12,15)16)9-7-8(2)5-6-14(9)10/h5-7H,3-4H2,1-2H3,(H2,12,15,16). The molecule has 0 saturated heterocycles. The molecule has 0 aliphatic carbocycles. The van der Waals surface area contributed by atoms with Crippen LogP contribution in [0, 0.1) is 6.92 Å². The van der Waals surface area contributed by atoms with Gasteiger partial charge in [-0.3, -0.25) is 0 Å². The van der Waals surface area contributed by atoms with E-state index in [0.29, 0.717) is 5.52 Å². The third kappa shape index (κ3) is 2.18. The first kappa shape index (κ1) is 12.1. The van der Waals surface area contributed by atoms with Crippen LogP contribution in [0.25, 0.3) is 5.52 Å². The van der Waals surface area contributed by atoms with E-state index in [9.17, 15) is 8.42 Å². The van der Waals surface area contributed by atoms with Gasteiger partial charge in [0.15, 0.2) is 5.03 Å². The molecule has 0 bridgehead atoms. The SMILES string of the molecule is CCCc1nc(S(N)(=O)=O)c2cc(C)ccn12. The molecule has 6 heteroatoms. The Morgan fingerprint density at radius 1 is 1.47 bits per heavy atom. The molecule has 0 unspecified atom stereocenters. The largest absolute Gasteiger partial charge is 0.302 e. The number of aryl methyl sites for hydroxylation is 2. The van der Waals surface area contributed by atoms with Crippen molar-refractivity contribution in [2.45, 2.75) is 31.7 Å². The first-order chi connectivity index (χ1) is 7.93. The van der Waals surface area contributed by atoms with Crippen LogP contribution >= 0.6 is 0 Å². The first-order valence-electron chi connectivity index (χ1n) is 5.44. The maximum absolute atomic E-state index is 11.5. The zero-order valence-corrected chi connectivity index (χ0v) is 10.7. The molecule has 0 amide bonds. The number of pyridine rings is 1. The van der Waals surface area contributed by atoms with E-state index in [1.807, 2.05) is 26.1 Å². The van der Waals surface area contributed by atoms with Crippen molar-refractivity contribution in [3.63, 3.8) is 0 Å². The molecule has 2 rings (SSSR count). The predicted octanol–water partition coefficient (Wildman–Crippen LogP) is 1.24. The van der Waals surface area contributed by atoms with Crippen LogP contribution in [0.15, 0.2) is 23.4 Å². The van der Waals surface area contributed by atoms with Gasteiger partial charge in [-0.2, -0.15) is 0 Å². The highest BCUT2D eigenvalue weighted by Gasteiger charge is 2.19. The number of sulfonamides is 1. The van der Waals surface area contributed by atoms with Crippen LogP contribution in [0.5, 0.6) is 0 Å². The monoisotopic (exact) mass is 253 g/mol. The summed E-state index contributed by atoms with van der Waals surface area (Å²) in [6.45, 7) is 3.92. The Labute approximate surface area is 100 Å². The van der Waals surface area contributed by atoms with Crippen molar-refractivity contribution in [3.05, 3.63) is 29.7 Å². The normalized spacial score (nSPS) is 12.2. The van der Waals surface area contributed by atoms with E-state index in [4.69, 9.17) is 5.14 Å². The van der Waals surface area contributed by atoms with E-state index in [2.05, 4.69) is 4.98 Å². The molecular weight excluding hydrogens is 238 g/mol. The molecule has 0 aliphatic heterocycles. The Morgan fingerprint density at radius 2 is 2.18 bits per heavy atom. The molecule has 2 heterocycles. The minimum Gasteiger partial charge on any atom is -0.302 e. The van der Waals surface area contributed by atoms with Crippen LogP contribution in [0.1, 0.15) is 24.7 Å². The Hall–Kier alpha value is -1.40. The summed E-state index contributed by atoms with van der Waals surface area (Å²) >= 11 is 0. The van der Waals surface area contributed by atoms with Gasteiger partial charge in [0.2, 0.25) is 0 Å². The van der Waals surface area contributed by atoms with Crippen molar-refractivity contribution in [1.82, 2.24) is 9.38 Å². The lowest BCUT2D eigenvalue weighted by Gasteiger charge is -2.00. The maximum Gasteiger partial charge on any atom is 0.257 e. The molecule has 0 saturated carbocycles. The third-order valence-corrected chi connectivity index (χ3v) is 3.42. The number of rotatable bonds is 3. The second kappa shape index (κ2) is 4.12. The van der Waals surface area contributed by atoms with Crippen LogP contribution < -0.4 is 5.14 Å². The zero-order valence-electron chi connectivity index (χ0n) is 9.84. The molecule has 92 valence electrons. The Balaban J connectivity index is 2.80. The average Bonchev–Trinajstić information content (AvgIpc) is 2.56. The quantitative estimate of drug-likeness (QED) is 0.894. The van der Waals surface area contributed by atoms with E-state index in [0.717, 1.165) is 24.2 Å². The van der Waals surface area contributed by atoms with E-state index >= 15 is 0 Å². The molecule has 2 N–H and O–H groups in total. The summed E-state index contributed by atoms with van der Waals surface area (Å²) in [5.74, 6) is 0.728. The van der Waals surface area contributed by atoms with E-state index in [1.54, 1.807) is 10.5 Å². The lowest BCUT2D eigenvalue weighted by molar-refractivity contribution is 0.595. The second-order valence-electron chi connectivity index (χ2n) is 4.09. The third-order valence-electron chi connectivity index (χ3n) is 2.58. The van der Waals surface area contributed by atoms with Gasteiger partial charge in [0.25, 0.3) is 10.0 Å². The van der Waals surface area contributed by atoms with Crippen LogP contribution in [-0.4, -0.2) is 17.8 Å². The van der Waals surface area contributed by atoms with Crippen LogP contribution in [0.4, 0.5) is 0 Å². The highest BCUT2D eigenvalue weighted by atomic mass is 32.2. The van der Waals surface area contributed by atoms with Crippen molar-refractivity contribution in [3.8, 4) is 0 Å². The number of fused-ring (bicyclic) bond motifs is 1. The molecule has 5 nitrogen and oxygen atoms in total. The van der Waals surface area contributed by atoms with Gasteiger partial charge in [0, 0.05) is 12.6 Å². The van der Waals surface area contributed by atoms with Gasteiger partial charge >= 0.3 is 0 Å². The van der Waals surface area contributed by atoms with E-state index in [1.165, 1.54) is 0 Å². The van der Waals surface area contributed by atoms with Gasteiger partial charge in [0.1, 0.15) is 5.82 Å². The fourth-order valence-corrected chi connectivity index (χ4v) is 2.51. The van der Waals surface area contributed by atoms with Gasteiger partial charge in [0.05, 0.1) is 5.52 Å². The lowest BCUT2D eigenvalue weighted by Crippen LogP contribution is -2.13. The molecule has 0 atom stereocenters. The molecule has 0 aromatic carbocycles. The molecular formula is C11H15N3O2S. The van der Waals surface area contributed by atoms with Crippen LogP contribution in [0.3, 0.4) is 0 Å². The highest BCUT2D eigenvalue weighted by molar-refractivity contribution is 7.89. The summed E-state index contributed by atoms with van der Waals surface area (Å²) in [7, 11) is -3.78. The van der Waals surface area contributed by atoms with Crippen molar-refractivity contribution < 1.29 is 8.42 Å². The number of imidazole rings is 1. The molecule has 17 heavy (non-hydrogen) atoms. The van der Waals surface area contributed by atoms with Gasteiger partial charge in [-0.05, 0) is 31.0 Å². The predicted molar refractivity (Wildman–Crippen MR) is 65.3 cm³/mol. The van der Waals surface area contributed by atoms with Crippen molar-refractivity contribution in [2.24, 2.45) is 5.14 Å². The number of aromatic nitrogens is 2. The molecule has 2 aromatic heterocycles. The van der Waals surface area contributed by atoms with E-state index < -0.39 is 10.0 Å². The van der Waals surface area contributed by atoms with Crippen LogP contribution in [-0.2, 0) is 16.4 Å². The molecule has 0 fully saturated rings. The lowest BCUT2D eigenvalue weighted by atomic mass is 10.3. The first-order valence-corrected chi connectivity index (χ1v) is 6.98. The van der Waals surface area contributed by atoms with Gasteiger partial charge < -0.3 is 4.40 Å². The summed E-state index contributed by atoms with van der Waals surface area (Å²) in [6.07, 6.45) is 3.45. The molecule has 2 aromatic rings. The zero-order chi connectivity index (χ0) is 12.6. The summed E-state index contributed by atoms with van der Waals surface area (Å²) in [6, 6.07) is 3.70. The highest BCUT2D eigenvalue weighted by Crippen LogP contribution is 2.19. The van der Waals surface area contributed by atoms with Crippen molar-refractivity contribution in [2.75, 3.05) is 0 Å². The van der Waals surface area contributed by atoms with Gasteiger partial charge in [-0.15, -0.1) is 0 Å². The molecule has 0 spiro atoms. The smallest absolute Gasteiger partial charge is 0.257 e. The van der Waals surface area contributed by atoms with Crippen LogP contribution in [0.2, 0.25) is 0 Å². The number of hydrogen-bond donors (Lipinski definition) is 1. The topological polar surface area (TPSA) is 77.5 Å². The minimum atomic E-state index is -3.78. The summed E-state index contributed by atoms with van der Waals surface area (Å²) in [5, 5.41) is 5.14. The van der Waals surface area contributed by atoms with Gasteiger partial charge in [-0.25, -0.2) is 18.5 Å². The Kier molecular flexibility index (Phi) is 2.92. The number of hydrogen-bond acceptors (Lipinski definition) is 3. The maximum atomic E-state index is 11.5. The summed E-state index contributed by atoms with van der Waals surface area (Å²) in [4.78, 5) is 4.14. The molecule has 0 radical (unpaired) electrons. The fourth-order valence-electron chi connectivity index (χ4n) is 1.83. The molecule has 0 aliphatic rings. The number of nitrogens with two attached hydrogens (primary N) is 1. The minimum absolute atomic E-state index is 0.0374. The van der Waals surface area contributed by atoms with Gasteiger partial charge in [-0.1, -0.05) is 6.92 Å². The Morgan fingerprint density at radius 3 is 2.76 bits per heavy atom.